The highest BCUT2D eigenvalue weighted by Gasteiger charge is 2.05. The van der Waals surface area contributed by atoms with Gasteiger partial charge in [-0.25, -0.2) is 0 Å². The van der Waals surface area contributed by atoms with Crippen LogP contribution in [0.4, 0.5) is 0 Å². The Bertz CT molecular complexity index is 318. The van der Waals surface area contributed by atoms with Crippen LogP contribution in [0.2, 0.25) is 0 Å². The van der Waals surface area contributed by atoms with E-state index < -0.39 is 0 Å². The van der Waals surface area contributed by atoms with Crippen LogP contribution in [0, 0.1) is 0 Å². The molecule has 1 atom stereocenters. The van der Waals surface area contributed by atoms with Gasteiger partial charge in [-0.2, -0.15) is 0 Å². The molecule has 0 aliphatic carbocycles. The molecule has 1 aromatic rings. The number of alkyl halides is 1. The van der Waals surface area contributed by atoms with Crippen molar-refractivity contribution in [1.82, 2.24) is 5.32 Å². The van der Waals surface area contributed by atoms with Gasteiger partial charge in [-0.15, -0.1) is 11.8 Å². The first-order chi connectivity index (χ1) is 7.72. The van der Waals surface area contributed by atoms with E-state index in [1.807, 2.05) is 30.3 Å². The number of hydrogen-bond acceptors (Lipinski definition) is 2. The van der Waals surface area contributed by atoms with Crippen LogP contribution in [0.3, 0.4) is 0 Å². The third kappa shape index (κ3) is 5.56. The maximum atomic E-state index is 11.5. The highest BCUT2D eigenvalue weighted by molar-refractivity contribution is 9.09. The summed E-state index contributed by atoms with van der Waals surface area (Å²) in [6, 6.07) is 9.95. The van der Waals surface area contributed by atoms with Gasteiger partial charge in [-0.1, -0.05) is 41.1 Å². The second-order valence-corrected chi connectivity index (χ2v) is 5.76. The molecule has 0 aliphatic rings. The molecule has 0 aliphatic heterocycles. The van der Waals surface area contributed by atoms with Crippen LogP contribution in [0.5, 0.6) is 0 Å². The lowest BCUT2D eigenvalue weighted by atomic mass is 10.3. The summed E-state index contributed by atoms with van der Waals surface area (Å²) in [6.07, 6.45) is 1.02. The molecular weight excluding hydrogens is 286 g/mol. The van der Waals surface area contributed by atoms with Crippen molar-refractivity contribution in [3.05, 3.63) is 30.3 Å². The van der Waals surface area contributed by atoms with Crippen molar-refractivity contribution >= 4 is 33.6 Å². The third-order valence-electron chi connectivity index (χ3n) is 2.08. The van der Waals surface area contributed by atoms with E-state index in [0.717, 1.165) is 11.3 Å². The first-order valence-corrected chi connectivity index (χ1v) is 7.21. The molecule has 1 unspecified atom stereocenters. The fraction of sp³-hybridized carbons (Fsp3) is 0.417. The zero-order chi connectivity index (χ0) is 11.8. The van der Waals surface area contributed by atoms with Crippen molar-refractivity contribution in [2.75, 3.05) is 12.3 Å². The van der Waals surface area contributed by atoms with Gasteiger partial charge < -0.3 is 5.32 Å². The van der Waals surface area contributed by atoms with Crippen LogP contribution in [0.15, 0.2) is 35.2 Å². The average molecular weight is 302 g/mol. The first kappa shape index (κ1) is 13.6. The van der Waals surface area contributed by atoms with Crippen molar-refractivity contribution in [2.24, 2.45) is 0 Å². The lowest BCUT2D eigenvalue weighted by Gasteiger charge is -2.08. The van der Waals surface area contributed by atoms with Gasteiger partial charge in [-0.05, 0) is 18.6 Å². The Morgan fingerprint density at radius 3 is 2.75 bits per heavy atom. The second-order valence-electron chi connectivity index (χ2n) is 3.41. The molecule has 0 saturated carbocycles. The Hall–Kier alpha value is -0.480. The zero-order valence-corrected chi connectivity index (χ0v) is 11.7. The van der Waals surface area contributed by atoms with E-state index in [1.54, 1.807) is 11.8 Å². The fourth-order valence-corrected chi connectivity index (χ4v) is 2.00. The molecule has 0 fully saturated rings. The Morgan fingerprint density at radius 2 is 2.12 bits per heavy atom. The molecule has 0 aromatic heterocycles. The van der Waals surface area contributed by atoms with Crippen LogP contribution >= 0.6 is 27.7 Å². The smallest absolute Gasteiger partial charge is 0.230 e. The largest absolute Gasteiger partial charge is 0.354 e. The zero-order valence-electron chi connectivity index (χ0n) is 9.28. The highest BCUT2D eigenvalue weighted by Crippen LogP contribution is 2.16. The predicted octanol–water partition coefficient (Wildman–Crippen LogP) is 3.07. The molecule has 2 nitrogen and oxygen atoms in total. The molecule has 1 N–H and O–H groups in total. The van der Waals surface area contributed by atoms with E-state index in [0.29, 0.717) is 17.1 Å². The van der Waals surface area contributed by atoms with Crippen LogP contribution < -0.4 is 5.32 Å². The maximum absolute atomic E-state index is 11.5. The number of benzene rings is 1. The minimum absolute atomic E-state index is 0.0896. The summed E-state index contributed by atoms with van der Waals surface area (Å²) in [4.78, 5) is 13.0. The highest BCUT2D eigenvalue weighted by atomic mass is 79.9. The molecule has 88 valence electrons. The first-order valence-electron chi connectivity index (χ1n) is 5.31. The van der Waals surface area contributed by atoms with Crippen molar-refractivity contribution in [1.29, 1.82) is 0 Å². The van der Waals surface area contributed by atoms with Crippen molar-refractivity contribution in [2.45, 2.75) is 23.1 Å². The number of rotatable bonds is 6. The third-order valence-corrected chi connectivity index (χ3v) is 4.06. The topological polar surface area (TPSA) is 29.1 Å². The average Bonchev–Trinajstić information content (AvgIpc) is 2.34. The van der Waals surface area contributed by atoms with Crippen LogP contribution in [-0.4, -0.2) is 23.0 Å². The van der Waals surface area contributed by atoms with Crippen molar-refractivity contribution in [3.63, 3.8) is 0 Å². The summed E-state index contributed by atoms with van der Waals surface area (Å²) in [5.41, 5.74) is 0. The monoisotopic (exact) mass is 301 g/mol. The van der Waals surface area contributed by atoms with Crippen LogP contribution in [-0.2, 0) is 4.79 Å². The number of nitrogens with one attached hydrogen (secondary N) is 1. The molecule has 0 saturated heterocycles. The Kier molecular flexibility index (Phi) is 6.57. The van der Waals surface area contributed by atoms with Gasteiger partial charge in [-0.3, -0.25) is 4.79 Å². The number of hydrogen-bond donors (Lipinski definition) is 1. The van der Waals surface area contributed by atoms with E-state index in [4.69, 9.17) is 0 Å². The lowest BCUT2D eigenvalue weighted by molar-refractivity contribution is -0.118. The summed E-state index contributed by atoms with van der Waals surface area (Å²) < 4.78 is 0. The SMILES string of the molecule is CCC(Br)CNC(=O)CSc1ccccc1. The summed E-state index contributed by atoms with van der Waals surface area (Å²) >= 11 is 5.04. The summed E-state index contributed by atoms with van der Waals surface area (Å²) in [6.45, 7) is 2.79. The Labute approximate surface area is 109 Å². The molecule has 1 amide bonds. The van der Waals surface area contributed by atoms with E-state index in [1.165, 1.54) is 0 Å². The fourth-order valence-electron chi connectivity index (χ4n) is 1.09. The summed E-state index contributed by atoms with van der Waals surface area (Å²) in [5, 5.41) is 2.90. The van der Waals surface area contributed by atoms with Crippen LogP contribution in [0.1, 0.15) is 13.3 Å². The number of amides is 1. The molecule has 1 aromatic carbocycles. The lowest BCUT2D eigenvalue weighted by Crippen LogP contribution is -2.30. The minimum atomic E-state index is 0.0896. The van der Waals surface area contributed by atoms with Crippen LogP contribution in [0.25, 0.3) is 0 Å². The quantitative estimate of drug-likeness (QED) is 0.646. The van der Waals surface area contributed by atoms with Crippen molar-refractivity contribution < 1.29 is 4.79 Å². The molecule has 0 radical (unpaired) electrons. The van der Waals surface area contributed by atoms with Gasteiger partial charge in [0, 0.05) is 16.3 Å². The number of halogens is 1. The number of carbonyl (C=O) groups excluding carboxylic acids is 1. The minimum Gasteiger partial charge on any atom is -0.354 e. The van der Waals surface area contributed by atoms with Gasteiger partial charge in [0.1, 0.15) is 0 Å². The molecule has 1 rings (SSSR count). The van der Waals surface area contributed by atoms with E-state index in [2.05, 4.69) is 28.2 Å². The second kappa shape index (κ2) is 7.74. The number of carbonyl (C=O) groups is 1. The standard InChI is InChI=1S/C12H16BrNOS/c1-2-10(13)8-14-12(15)9-16-11-6-4-3-5-7-11/h3-7,10H,2,8-9H2,1H3,(H,14,15). The van der Waals surface area contributed by atoms with Gasteiger partial charge in [0.25, 0.3) is 0 Å². The van der Waals surface area contributed by atoms with Gasteiger partial charge in [0.15, 0.2) is 0 Å². The maximum Gasteiger partial charge on any atom is 0.230 e. The molecule has 4 heteroatoms. The van der Waals surface area contributed by atoms with Gasteiger partial charge in [0.05, 0.1) is 5.75 Å². The van der Waals surface area contributed by atoms with E-state index in [9.17, 15) is 4.79 Å². The molecule has 0 heterocycles. The molecule has 0 spiro atoms. The summed E-state index contributed by atoms with van der Waals surface area (Å²) in [7, 11) is 0. The van der Waals surface area contributed by atoms with E-state index >= 15 is 0 Å². The Morgan fingerprint density at radius 1 is 1.44 bits per heavy atom. The van der Waals surface area contributed by atoms with Gasteiger partial charge >= 0.3 is 0 Å². The predicted molar refractivity (Wildman–Crippen MR) is 73.2 cm³/mol. The molecule has 16 heavy (non-hydrogen) atoms. The van der Waals surface area contributed by atoms with Crippen molar-refractivity contribution in [3.8, 4) is 0 Å². The number of thioether (sulfide) groups is 1. The van der Waals surface area contributed by atoms with Gasteiger partial charge in [0.2, 0.25) is 5.91 Å². The molecule has 0 bridgehead atoms. The molecular formula is C12H16BrNOS. The van der Waals surface area contributed by atoms with E-state index in [-0.39, 0.29) is 5.91 Å². The normalized spacial score (nSPS) is 12.1. The summed E-state index contributed by atoms with van der Waals surface area (Å²) in [5.74, 6) is 0.569. The Balaban J connectivity index is 2.20.